The van der Waals surface area contributed by atoms with Crippen LogP contribution in [0, 0.1) is 6.92 Å². The molecule has 4 aromatic rings. The van der Waals surface area contributed by atoms with Gasteiger partial charge in [-0.05, 0) is 25.5 Å². The molecule has 0 aliphatic carbocycles. The van der Waals surface area contributed by atoms with Crippen LogP contribution in [0.2, 0.25) is 0 Å². The van der Waals surface area contributed by atoms with Crippen LogP contribution in [0.4, 0.5) is 0 Å². The molecule has 4 aromatic heterocycles. The summed E-state index contributed by atoms with van der Waals surface area (Å²) in [7, 11) is 0. The van der Waals surface area contributed by atoms with E-state index in [1.54, 1.807) is 4.52 Å². The summed E-state index contributed by atoms with van der Waals surface area (Å²) >= 11 is 1.48. The Morgan fingerprint density at radius 2 is 2.19 bits per heavy atom. The van der Waals surface area contributed by atoms with Gasteiger partial charge in [-0.25, -0.2) is 4.98 Å². The third kappa shape index (κ3) is 3.43. The van der Waals surface area contributed by atoms with Crippen LogP contribution in [-0.2, 0) is 17.6 Å². The summed E-state index contributed by atoms with van der Waals surface area (Å²) in [6, 6.07) is 6.03. The predicted molar refractivity (Wildman–Crippen MR) is 98.2 cm³/mol. The fraction of sp³-hybridized carbons (Fsp3) is 0.353. The number of fused-ring (bicyclic) bond motifs is 2. The van der Waals surface area contributed by atoms with Crippen LogP contribution in [0.5, 0.6) is 0 Å². The minimum atomic E-state index is 0.0423. The predicted octanol–water partition coefficient (Wildman–Crippen LogP) is 1.82. The van der Waals surface area contributed by atoms with Crippen molar-refractivity contribution in [3.8, 4) is 0 Å². The number of hydrogen-bond acceptors (Lipinski definition) is 6. The highest BCUT2D eigenvalue weighted by atomic mass is 32.1. The van der Waals surface area contributed by atoms with Gasteiger partial charge in [0.05, 0.1) is 11.7 Å². The monoisotopic (exact) mass is 369 g/mol. The second kappa shape index (κ2) is 7.20. The van der Waals surface area contributed by atoms with Gasteiger partial charge in [0.1, 0.15) is 10.8 Å². The maximum atomic E-state index is 12.0. The van der Waals surface area contributed by atoms with E-state index in [0.717, 1.165) is 40.0 Å². The Morgan fingerprint density at radius 1 is 1.27 bits per heavy atom. The number of aromatic nitrogens is 6. The average Bonchev–Trinajstić information content (AvgIpc) is 3.33. The Kier molecular flexibility index (Phi) is 4.61. The first kappa shape index (κ1) is 16.6. The standard InChI is InChI=1S/C17H19N7OS/c1-12-20-21-17-24(12)22-16(26-17)8-7-15(25)18-9-4-6-14-19-11-13-5-2-3-10-23(13)14/h2-3,5,10-11H,4,6-9H2,1H3,(H,18,25). The number of pyridine rings is 1. The summed E-state index contributed by atoms with van der Waals surface area (Å²) in [6.45, 7) is 2.50. The van der Waals surface area contributed by atoms with Gasteiger partial charge in [-0.2, -0.15) is 9.61 Å². The lowest BCUT2D eigenvalue weighted by Gasteiger charge is -2.04. The molecule has 0 aliphatic rings. The molecule has 0 radical (unpaired) electrons. The molecule has 4 heterocycles. The molecule has 0 saturated carbocycles. The summed E-state index contributed by atoms with van der Waals surface area (Å²) in [5.74, 6) is 1.82. The van der Waals surface area contributed by atoms with E-state index < -0.39 is 0 Å². The van der Waals surface area contributed by atoms with E-state index in [1.165, 1.54) is 11.3 Å². The molecule has 0 saturated heterocycles. The molecule has 0 aliphatic heterocycles. The van der Waals surface area contributed by atoms with E-state index in [2.05, 4.69) is 30.0 Å². The summed E-state index contributed by atoms with van der Waals surface area (Å²) < 4.78 is 3.80. The Hall–Kier alpha value is -2.81. The number of rotatable bonds is 7. The van der Waals surface area contributed by atoms with Crippen molar-refractivity contribution >= 4 is 27.7 Å². The van der Waals surface area contributed by atoms with Crippen LogP contribution in [0.3, 0.4) is 0 Å². The highest BCUT2D eigenvalue weighted by molar-refractivity contribution is 7.16. The number of carbonyl (C=O) groups excluding carboxylic acids is 1. The van der Waals surface area contributed by atoms with Crippen LogP contribution >= 0.6 is 11.3 Å². The normalized spacial score (nSPS) is 11.4. The Labute approximate surface area is 153 Å². The number of carbonyl (C=O) groups is 1. The van der Waals surface area contributed by atoms with Gasteiger partial charge in [-0.3, -0.25) is 4.79 Å². The fourth-order valence-electron chi connectivity index (χ4n) is 2.82. The maximum Gasteiger partial charge on any atom is 0.234 e. The summed E-state index contributed by atoms with van der Waals surface area (Å²) in [5.41, 5.74) is 1.09. The molecule has 0 fully saturated rings. The highest BCUT2D eigenvalue weighted by Gasteiger charge is 2.10. The third-order valence-electron chi connectivity index (χ3n) is 4.17. The van der Waals surface area contributed by atoms with Crippen molar-refractivity contribution in [2.75, 3.05) is 6.54 Å². The number of nitrogens with zero attached hydrogens (tertiary/aromatic N) is 6. The number of hydrogen-bond donors (Lipinski definition) is 1. The number of amides is 1. The maximum absolute atomic E-state index is 12.0. The summed E-state index contributed by atoms with van der Waals surface area (Å²) in [4.78, 5) is 17.2. The van der Waals surface area contributed by atoms with Crippen molar-refractivity contribution < 1.29 is 4.79 Å². The van der Waals surface area contributed by atoms with Crippen molar-refractivity contribution in [2.24, 2.45) is 0 Å². The lowest BCUT2D eigenvalue weighted by atomic mass is 10.2. The highest BCUT2D eigenvalue weighted by Crippen LogP contribution is 2.15. The summed E-state index contributed by atoms with van der Waals surface area (Å²) in [6.07, 6.45) is 6.61. The van der Waals surface area contributed by atoms with Gasteiger partial charge in [0, 0.05) is 32.0 Å². The van der Waals surface area contributed by atoms with Gasteiger partial charge >= 0.3 is 0 Å². The molecule has 0 spiro atoms. The van der Waals surface area contributed by atoms with Gasteiger partial charge in [0.25, 0.3) is 0 Å². The molecule has 0 bridgehead atoms. The minimum absolute atomic E-state index is 0.0423. The van der Waals surface area contributed by atoms with Crippen LogP contribution in [0.15, 0.2) is 30.6 Å². The smallest absolute Gasteiger partial charge is 0.234 e. The average molecular weight is 369 g/mol. The minimum Gasteiger partial charge on any atom is -0.356 e. The van der Waals surface area contributed by atoms with Gasteiger partial charge in [-0.1, -0.05) is 17.4 Å². The second-order valence-corrected chi connectivity index (χ2v) is 7.10. The van der Waals surface area contributed by atoms with Gasteiger partial charge in [-0.15, -0.1) is 10.2 Å². The van der Waals surface area contributed by atoms with E-state index in [1.807, 2.05) is 37.5 Å². The molecule has 134 valence electrons. The topological polar surface area (TPSA) is 89.5 Å². The lowest BCUT2D eigenvalue weighted by Crippen LogP contribution is -2.25. The first-order valence-corrected chi connectivity index (χ1v) is 9.38. The van der Waals surface area contributed by atoms with E-state index >= 15 is 0 Å². The number of aryl methyl sites for hydroxylation is 3. The largest absolute Gasteiger partial charge is 0.356 e. The molecule has 26 heavy (non-hydrogen) atoms. The van der Waals surface area contributed by atoms with Crippen molar-refractivity contribution in [2.45, 2.75) is 32.6 Å². The number of imidazole rings is 1. The van der Waals surface area contributed by atoms with Crippen molar-refractivity contribution in [1.29, 1.82) is 0 Å². The molecule has 9 heteroatoms. The number of nitrogens with one attached hydrogen (secondary N) is 1. The van der Waals surface area contributed by atoms with Crippen LogP contribution < -0.4 is 5.32 Å². The fourth-order valence-corrected chi connectivity index (χ4v) is 3.70. The molecule has 0 atom stereocenters. The molecule has 8 nitrogen and oxygen atoms in total. The Balaban J connectivity index is 1.21. The first-order chi connectivity index (χ1) is 12.7. The van der Waals surface area contributed by atoms with Gasteiger partial charge in [0.2, 0.25) is 10.9 Å². The van der Waals surface area contributed by atoms with Gasteiger partial charge in [0.15, 0.2) is 5.82 Å². The molecular weight excluding hydrogens is 350 g/mol. The van der Waals surface area contributed by atoms with Gasteiger partial charge < -0.3 is 9.72 Å². The summed E-state index contributed by atoms with van der Waals surface area (Å²) in [5, 5.41) is 16.3. The van der Waals surface area contributed by atoms with E-state index in [0.29, 0.717) is 19.4 Å². The van der Waals surface area contributed by atoms with E-state index in [4.69, 9.17) is 0 Å². The molecule has 1 N–H and O–H groups in total. The zero-order valence-corrected chi connectivity index (χ0v) is 15.2. The second-order valence-electron chi connectivity index (χ2n) is 6.06. The SMILES string of the molecule is Cc1nnc2sc(CCC(=O)NCCCc3ncc4ccccn34)nn12. The third-order valence-corrected chi connectivity index (χ3v) is 5.13. The quantitative estimate of drug-likeness (QED) is 0.502. The Bertz CT molecular complexity index is 1050. The van der Waals surface area contributed by atoms with Crippen molar-refractivity contribution in [3.05, 3.63) is 47.2 Å². The van der Waals surface area contributed by atoms with E-state index in [-0.39, 0.29) is 5.91 Å². The van der Waals surface area contributed by atoms with Crippen LogP contribution in [-0.4, -0.2) is 41.6 Å². The zero-order chi connectivity index (χ0) is 17.9. The molecule has 0 unspecified atom stereocenters. The van der Waals surface area contributed by atoms with Crippen molar-refractivity contribution in [1.82, 2.24) is 34.5 Å². The molecular formula is C17H19N7OS. The zero-order valence-electron chi connectivity index (χ0n) is 14.4. The van der Waals surface area contributed by atoms with E-state index in [9.17, 15) is 4.79 Å². The van der Waals surface area contributed by atoms with Crippen LogP contribution in [0.1, 0.15) is 29.5 Å². The lowest BCUT2D eigenvalue weighted by molar-refractivity contribution is -0.121. The molecule has 0 aromatic carbocycles. The first-order valence-electron chi connectivity index (χ1n) is 8.56. The van der Waals surface area contributed by atoms with Crippen molar-refractivity contribution in [3.63, 3.8) is 0 Å². The Morgan fingerprint density at radius 3 is 3.08 bits per heavy atom. The molecule has 4 rings (SSSR count). The van der Waals surface area contributed by atoms with Crippen LogP contribution in [0.25, 0.3) is 10.5 Å². The molecule has 1 amide bonds.